The highest BCUT2D eigenvalue weighted by molar-refractivity contribution is 6.25. The molecule has 10 rings (SSSR count). The summed E-state index contributed by atoms with van der Waals surface area (Å²) in [6.07, 6.45) is 3.67. The Balaban J connectivity index is 1.18. The minimum Gasteiger partial charge on any atom is -0.265 e. The van der Waals surface area contributed by atoms with Crippen molar-refractivity contribution in [1.29, 1.82) is 0 Å². The number of rotatable bonds is 4. The first-order valence-electron chi connectivity index (χ1n) is 16.8. The van der Waals surface area contributed by atoms with E-state index in [2.05, 4.69) is 146 Å². The summed E-state index contributed by atoms with van der Waals surface area (Å²) in [7, 11) is 0. The van der Waals surface area contributed by atoms with Crippen LogP contribution in [0.25, 0.3) is 88.5 Å². The molecule has 0 saturated heterocycles. The molecule has 3 nitrogen and oxygen atoms in total. The van der Waals surface area contributed by atoms with Gasteiger partial charge in [-0.3, -0.25) is 4.98 Å². The third-order valence-electron chi connectivity index (χ3n) is 10.6. The molecule has 230 valence electrons. The van der Waals surface area contributed by atoms with Gasteiger partial charge in [-0.1, -0.05) is 123 Å². The Morgan fingerprint density at radius 2 is 1.02 bits per heavy atom. The molecule has 2 aromatic heterocycles. The second kappa shape index (κ2) is 10.4. The summed E-state index contributed by atoms with van der Waals surface area (Å²) in [5, 5.41) is 7.46. The molecular weight excluding hydrogens is 595 g/mol. The van der Waals surface area contributed by atoms with Crippen LogP contribution in [0.15, 0.2) is 152 Å². The number of hydrogen-bond acceptors (Lipinski definition) is 3. The maximum Gasteiger partial charge on any atom is 0.161 e. The van der Waals surface area contributed by atoms with Crippen molar-refractivity contribution < 1.29 is 0 Å². The highest BCUT2D eigenvalue weighted by Gasteiger charge is 2.35. The molecule has 0 spiro atoms. The van der Waals surface area contributed by atoms with Gasteiger partial charge in [0.05, 0.1) is 11.4 Å². The summed E-state index contributed by atoms with van der Waals surface area (Å²) in [5.74, 6) is 0.728. The predicted molar refractivity (Wildman–Crippen MR) is 203 cm³/mol. The van der Waals surface area contributed by atoms with E-state index in [4.69, 9.17) is 9.97 Å². The molecule has 9 aromatic rings. The van der Waals surface area contributed by atoms with E-state index in [1.807, 2.05) is 24.5 Å². The van der Waals surface area contributed by atoms with Gasteiger partial charge in [-0.2, -0.15) is 0 Å². The first-order chi connectivity index (χ1) is 24.0. The fourth-order valence-corrected chi connectivity index (χ4v) is 8.04. The molecule has 7 aromatic carbocycles. The van der Waals surface area contributed by atoms with Crippen molar-refractivity contribution in [3.8, 4) is 56.2 Å². The number of pyridine rings is 1. The zero-order valence-corrected chi connectivity index (χ0v) is 27.3. The minimum absolute atomic E-state index is 0.102. The van der Waals surface area contributed by atoms with E-state index < -0.39 is 0 Å². The Labute approximate surface area is 284 Å². The molecule has 0 saturated carbocycles. The lowest BCUT2D eigenvalue weighted by Gasteiger charge is -2.22. The molecule has 1 aliphatic rings. The van der Waals surface area contributed by atoms with Gasteiger partial charge in [0.1, 0.15) is 0 Å². The monoisotopic (exact) mass is 625 g/mol. The van der Waals surface area contributed by atoms with Gasteiger partial charge in [0.15, 0.2) is 5.82 Å². The van der Waals surface area contributed by atoms with Crippen molar-refractivity contribution in [2.24, 2.45) is 0 Å². The van der Waals surface area contributed by atoms with Crippen molar-refractivity contribution >= 4 is 32.3 Å². The van der Waals surface area contributed by atoms with Crippen LogP contribution >= 0.6 is 0 Å². The van der Waals surface area contributed by atoms with Crippen molar-refractivity contribution in [2.45, 2.75) is 19.3 Å². The Bertz CT molecular complexity index is 2710. The average molecular weight is 626 g/mol. The second-order valence-corrected chi connectivity index (χ2v) is 13.7. The van der Waals surface area contributed by atoms with Gasteiger partial charge < -0.3 is 0 Å². The molecule has 2 heterocycles. The summed E-state index contributed by atoms with van der Waals surface area (Å²) in [4.78, 5) is 14.8. The topological polar surface area (TPSA) is 38.7 Å². The summed E-state index contributed by atoms with van der Waals surface area (Å²) in [5.41, 5.74) is 12.5. The molecule has 0 bridgehead atoms. The molecule has 0 radical (unpaired) electrons. The molecule has 1 aliphatic carbocycles. The van der Waals surface area contributed by atoms with Crippen LogP contribution in [-0.2, 0) is 5.41 Å². The lowest BCUT2D eigenvalue weighted by atomic mass is 9.82. The van der Waals surface area contributed by atoms with E-state index in [0.717, 1.165) is 45.0 Å². The van der Waals surface area contributed by atoms with Gasteiger partial charge in [-0.05, 0) is 96.0 Å². The first-order valence-corrected chi connectivity index (χ1v) is 16.8. The van der Waals surface area contributed by atoms with Crippen molar-refractivity contribution in [3.63, 3.8) is 0 Å². The van der Waals surface area contributed by atoms with Gasteiger partial charge in [-0.15, -0.1) is 0 Å². The zero-order chi connectivity index (χ0) is 32.7. The van der Waals surface area contributed by atoms with Gasteiger partial charge in [0, 0.05) is 34.5 Å². The fourth-order valence-electron chi connectivity index (χ4n) is 8.04. The van der Waals surface area contributed by atoms with Crippen LogP contribution < -0.4 is 0 Å². The molecule has 0 unspecified atom stereocenters. The number of benzene rings is 7. The maximum absolute atomic E-state index is 5.35. The van der Waals surface area contributed by atoms with Crippen LogP contribution in [0.3, 0.4) is 0 Å². The second-order valence-electron chi connectivity index (χ2n) is 13.7. The third kappa shape index (κ3) is 4.25. The largest absolute Gasteiger partial charge is 0.265 e. The third-order valence-corrected chi connectivity index (χ3v) is 10.6. The van der Waals surface area contributed by atoms with Gasteiger partial charge in [0.2, 0.25) is 0 Å². The normalized spacial score (nSPS) is 13.3. The van der Waals surface area contributed by atoms with E-state index >= 15 is 0 Å². The Kier molecular flexibility index (Phi) is 5.92. The molecule has 3 heteroatoms. The fraction of sp³-hybridized carbons (Fsp3) is 0.0652. The number of fused-ring (bicyclic) bond motifs is 3. The van der Waals surface area contributed by atoms with Crippen LogP contribution in [-0.4, -0.2) is 15.0 Å². The Morgan fingerprint density at radius 3 is 1.82 bits per heavy atom. The summed E-state index contributed by atoms with van der Waals surface area (Å²) < 4.78 is 0. The minimum atomic E-state index is -0.102. The quantitative estimate of drug-likeness (QED) is 0.183. The van der Waals surface area contributed by atoms with Crippen LogP contribution in [0.5, 0.6) is 0 Å². The number of nitrogens with zero attached hydrogens (tertiary/aromatic N) is 3. The smallest absolute Gasteiger partial charge is 0.161 e. The molecule has 0 amide bonds. The van der Waals surface area contributed by atoms with E-state index in [0.29, 0.717) is 0 Å². The standard InChI is InChI=1S/C46H31N3/c1-46(2)39-9-4-3-8-35(39)36-19-18-34(26-40(36)46)42-27-41(30-12-10-28(11-13-30)29-22-24-47-25-23-29)48-45(49-42)38-21-17-33-15-14-31-6-5-7-32-16-20-37(38)44(33)43(31)32/h3-27H,1-2H3. The molecule has 0 aliphatic heterocycles. The van der Waals surface area contributed by atoms with E-state index in [9.17, 15) is 0 Å². The predicted octanol–water partition coefficient (Wildman–Crippen LogP) is 11.7. The molecule has 0 fully saturated rings. The molecule has 49 heavy (non-hydrogen) atoms. The highest BCUT2D eigenvalue weighted by atomic mass is 14.9. The lowest BCUT2D eigenvalue weighted by molar-refractivity contribution is 0.660. The number of hydrogen-bond donors (Lipinski definition) is 0. The van der Waals surface area contributed by atoms with Crippen molar-refractivity contribution in [2.75, 3.05) is 0 Å². The van der Waals surface area contributed by atoms with Crippen LogP contribution in [0.4, 0.5) is 0 Å². The molecule has 0 N–H and O–H groups in total. The van der Waals surface area contributed by atoms with Crippen LogP contribution in [0.1, 0.15) is 25.0 Å². The van der Waals surface area contributed by atoms with Crippen LogP contribution in [0.2, 0.25) is 0 Å². The van der Waals surface area contributed by atoms with E-state index in [-0.39, 0.29) is 5.41 Å². The van der Waals surface area contributed by atoms with Gasteiger partial charge in [-0.25, -0.2) is 9.97 Å². The summed E-state index contributed by atoms with van der Waals surface area (Å²) >= 11 is 0. The van der Waals surface area contributed by atoms with Gasteiger partial charge >= 0.3 is 0 Å². The van der Waals surface area contributed by atoms with E-state index in [1.165, 1.54) is 54.6 Å². The summed E-state index contributed by atoms with van der Waals surface area (Å²) in [6, 6.07) is 50.4. The zero-order valence-electron chi connectivity index (χ0n) is 27.3. The summed E-state index contributed by atoms with van der Waals surface area (Å²) in [6.45, 7) is 4.65. The molecule has 0 atom stereocenters. The Hall–Kier alpha value is -6.19. The highest BCUT2D eigenvalue weighted by Crippen LogP contribution is 2.49. The molecular formula is C46H31N3. The number of aromatic nitrogens is 3. The lowest BCUT2D eigenvalue weighted by Crippen LogP contribution is -2.14. The Morgan fingerprint density at radius 1 is 0.429 bits per heavy atom. The maximum atomic E-state index is 5.35. The van der Waals surface area contributed by atoms with Crippen LogP contribution in [0, 0.1) is 0 Å². The van der Waals surface area contributed by atoms with Gasteiger partial charge in [0.25, 0.3) is 0 Å². The van der Waals surface area contributed by atoms with E-state index in [1.54, 1.807) is 0 Å². The SMILES string of the molecule is CC1(C)c2ccccc2-c2ccc(-c3cc(-c4ccc(-c5ccncc5)cc4)nc(-c4ccc5ccc6cccc7ccc4c5c67)n3)cc21. The first kappa shape index (κ1) is 27.9. The van der Waals surface area contributed by atoms with Crippen molar-refractivity contribution in [3.05, 3.63) is 163 Å². The van der Waals surface area contributed by atoms with Crippen molar-refractivity contribution in [1.82, 2.24) is 15.0 Å². The average Bonchev–Trinajstić information content (AvgIpc) is 3.39.